The number of rotatable bonds is 4. The van der Waals surface area contributed by atoms with Gasteiger partial charge in [0, 0.05) is 6.42 Å². The Morgan fingerprint density at radius 2 is 2.42 bits per heavy atom. The Morgan fingerprint density at radius 1 is 1.67 bits per heavy atom. The molecular weight excluding hydrogens is 162 g/mol. The van der Waals surface area contributed by atoms with E-state index in [9.17, 15) is 4.79 Å². The van der Waals surface area contributed by atoms with Gasteiger partial charge >= 0.3 is 5.97 Å². The summed E-state index contributed by atoms with van der Waals surface area (Å²) in [5, 5.41) is 11.7. The topological polar surface area (TPSA) is 102 Å². The van der Waals surface area contributed by atoms with E-state index in [0.717, 1.165) is 0 Å². The molecule has 6 heteroatoms. The average molecular weight is 171 g/mol. The maximum Gasteiger partial charge on any atom is 0.377 e. The van der Waals surface area contributed by atoms with Crippen LogP contribution >= 0.6 is 0 Å². The molecule has 6 nitrogen and oxygen atoms in total. The van der Waals surface area contributed by atoms with Gasteiger partial charge in [0.15, 0.2) is 0 Å². The summed E-state index contributed by atoms with van der Waals surface area (Å²) < 4.78 is 4.63. The van der Waals surface area contributed by atoms with E-state index in [-0.39, 0.29) is 5.82 Å². The van der Waals surface area contributed by atoms with E-state index < -0.39 is 5.97 Å². The van der Waals surface area contributed by atoms with Crippen molar-refractivity contribution in [1.82, 2.24) is 10.1 Å². The maximum absolute atomic E-state index is 10.3. The van der Waals surface area contributed by atoms with Gasteiger partial charge in [0.05, 0.1) is 0 Å². The molecule has 0 saturated carbocycles. The fourth-order valence-electron chi connectivity index (χ4n) is 0.697. The van der Waals surface area contributed by atoms with Gasteiger partial charge in [0.2, 0.25) is 5.89 Å². The molecule has 3 N–H and O–H groups in total. The Balaban J connectivity index is 2.58. The zero-order valence-corrected chi connectivity index (χ0v) is 6.36. The first kappa shape index (κ1) is 8.66. The van der Waals surface area contributed by atoms with E-state index in [1.807, 2.05) is 0 Å². The highest BCUT2D eigenvalue weighted by molar-refractivity contribution is 5.82. The lowest BCUT2D eigenvalue weighted by Crippen LogP contribution is -2.01. The highest BCUT2D eigenvalue weighted by Crippen LogP contribution is 1.99. The summed E-state index contributed by atoms with van der Waals surface area (Å²) in [6.07, 6.45) is 1.23. The molecule has 1 heterocycles. The molecule has 0 radical (unpaired) electrons. The third-order valence-corrected chi connectivity index (χ3v) is 1.25. The first-order valence-corrected chi connectivity index (χ1v) is 3.50. The molecule has 1 rings (SSSR count). The molecule has 1 aromatic heterocycles. The van der Waals surface area contributed by atoms with Gasteiger partial charge in [-0.05, 0) is 18.1 Å². The summed E-state index contributed by atoms with van der Waals surface area (Å²) in [6.45, 7) is 0.519. The van der Waals surface area contributed by atoms with Gasteiger partial charge in [0.1, 0.15) is 0 Å². The van der Waals surface area contributed by atoms with Crippen molar-refractivity contribution in [3.05, 3.63) is 11.7 Å². The molecule has 0 aliphatic rings. The molecule has 0 aliphatic heterocycles. The van der Waals surface area contributed by atoms with Crippen molar-refractivity contribution in [3.8, 4) is 0 Å². The van der Waals surface area contributed by atoms with Crippen LogP contribution in [0, 0.1) is 0 Å². The van der Waals surface area contributed by atoms with Crippen molar-refractivity contribution >= 4 is 5.97 Å². The Kier molecular flexibility index (Phi) is 2.76. The zero-order valence-electron chi connectivity index (χ0n) is 6.36. The molecule has 0 unspecified atom stereocenters. The number of carboxylic acids is 1. The van der Waals surface area contributed by atoms with Crippen LogP contribution in [0.3, 0.4) is 0 Å². The molecule has 0 aliphatic carbocycles. The Bertz CT molecular complexity index is 271. The molecular formula is C6H9N3O3. The largest absolute Gasteiger partial charge is 0.475 e. The molecule has 0 bridgehead atoms. The molecule has 0 fully saturated rings. The second-order valence-corrected chi connectivity index (χ2v) is 2.21. The molecule has 0 atom stereocenters. The number of nitrogens with zero attached hydrogens (tertiary/aromatic N) is 2. The standard InChI is InChI=1S/C6H9N3O3/c7-3-1-2-4-8-5(6(10)11)9-12-4/h1-3,7H2,(H,10,11). The van der Waals surface area contributed by atoms with Crippen molar-refractivity contribution in [2.75, 3.05) is 6.54 Å². The third-order valence-electron chi connectivity index (χ3n) is 1.25. The van der Waals surface area contributed by atoms with Gasteiger partial charge in [-0.1, -0.05) is 0 Å². The van der Waals surface area contributed by atoms with Gasteiger partial charge < -0.3 is 15.4 Å². The molecule has 0 spiro atoms. The number of aryl methyl sites for hydroxylation is 1. The van der Waals surface area contributed by atoms with Crippen LogP contribution in [0.1, 0.15) is 22.9 Å². The summed E-state index contributed by atoms with van der Waals surface area (Å²) >= 11 is 0. The lowest BCUT2D eigenvalue weighted by atomic mass is 10.3. The fourth-order valence-corrected chi connectivity index (χ4v) is 0.697. The lowest BCUT2D eigenvalue weighted by molar-refractivity contribution is 0.0680. The van der Waals surface area contributed by atoms with E-state index >= 15 is 0 Å². The minimum absolute atomic E-state index is 0.304. The second-order valence-electron chi connectivity index (χ2n) is 2.21. The van der Waals surface area contributed by atoms with Gasteiger partial charge in [-0.25, -0.2) is 4.79 Å². The van der Waals surface area contributed by atoms with Crippen LogP contribution in [-0.2, 0) is 6.42 Å². The van der Waals surface area contributed by atoms with Crippen LogP contribution in [0.4, 0.5) is 0 Å². The van der Waals surface area contributed by atoms with E-state index in [4.69, 9.17) is 10.8 Å². The summed E-state index contributed by atoms with van der Waals surface area (Å²) in [5.41, 5.74) is 5.24. The number of hydrogen-bond acceptors (Lipinski definition) is 5. The van der Waals surface area contributed by atoms with Crippen molar-refractivity contribution in [2.45, 2.75) is 12.8 Å². The Hall–Kier alpha value is -1.43. The van der Waals surface area contributed by atoms with Crippen molar-refractivity contribution in [1.29, 1.82) is 0 Å². The number of carboxylic acid groups (broad SMARTS) is 1. The SMILES string of the molecule is NCCCc1nc(C(=O)O)no1. The highest BCUT2D eigenvalue weighted by Gasteiger charge is 2.11. The van der Waals surface area contributed by atoms with Crippen LogP contribution in [0.15, 0.2) is 4.52 Å². The number of carbonyl (C=O) groups is 1. The van der Waals surface area contributed by atoms with Gasteiger partial charge in [0.25, 0.3) is 5.82 Å². The summed E-state index contributed by atoms with van der Waals surface area (Å²) in [6, 6.07) is 0. The highest BCUT2D eigenvalue weighted by atomic mass is 16.5. The lowest BCUT2D eigenvalue weighted by Gasteiger charge is -1.87. The van der Waals surface area contributed by atoms with Crippen LogP contribution in [0.25, 0.3) is 0 Å². The molecule has 0 saturated heterocycles. The molecule has 12 heavy (non-hydrogen) atoms. The van der Waals surface area contributed by atoms with Crippen LogP contribution in [-0.4, -0.2) is 27.8 Å². The number of aromatic carboxylic acids is 1. The quantitative estimate of drug-likeness (QED) is 0.642. The Morgan fingerprint density at radius 3 is 2.92 bits per heavy atom. The normalized spacial score (nSPS) is 10.1. The molecule has 0 aromatic carbocycles. The van der Waals surface area contributed by atoms with Gasteiger partial charge in [-0.2, -0.15) is 4.98 Å². The summed E-state index contributed by atoms with van der Waals surface area (Å²) in [7, 11) is 0. The molecule has 0 amide bonds. The number of hydrogen-bond donors (Lipinski definition) is 2. The van der Waals surface area contributed by atoms with Crippen molar-refractivity contribution in [2.24, 2.45) is 5.73 Å². The average Bonchev–Trinajstić information content (AvgIpc) is 2.48. The predicted molar refractivity (Wildman–Crippen MR) is 38.6 cm³/mol. The predicted octanol–water partition coefficient (Wildman–Crippen LogP) is -0.341. The smallest absolute Gasteiger partial charge is 0.377 e. The number of nitrogens with two attached hydrogens (primary N) is 1. The number of aromatic nitrogens is 2. The van der Waals surface area contributed by atoms with Gasteiger partial charge in [-0.3, -0.25) is 0 Å². The van der Waals surface area contributed by atoms with E-state index in [1.54, 1.807) is 0 Å². The summed E-state index contributed by atoms with van der Waals surface area (Å²) in [5.74, 6) is -1.17. The van der Waals surface area contributed by atoms with Gasteiger partial charge in [-0.15, -0.1) is 0 Å². The molecule has 66 valence electrons. The zero-order chi connectivity index (χ0) is 8.97. The third kappa shape index (κ3) is 2.03. The van der Waals surface area contributed by atoms with Crippen molar-refractivity contribution in [3.63, 3.8) is 0 Å². The second kappa shape index (κ2) is 3.82. The van der Waals surface area contributed by atoms with E-state index in [2.05, 4.69) is 14.7 Å². The van der Waals surface area contributed by atoms with E-state index in [1.165, 1.54) is 0 Å². The van der Waals surface area contributed by atoms with E-state index in [0.29, 0.717) is 25.3 Å². The summed E-state index contributed by atoms with van der Waals surface area (Å²) in [4.78, 5) is 13.9. The monoisotopic (exact) mass is 171 g/mol. The Labute approximate surface area is 68.4 Å². The first-order chi connectivity index (χ1) is 5.74. The minimum Gasteiger partial charge on any atom is -0.475 e. The first-order valence-electron chi connectivity index (χ1n) is 3.50. The molecule has 1 aromatic rings. The fraction of sp³-hybridized carbons (Fsp3) is 0.500. The minimum atomic E-state index is -1.18. The van der Waals surface area contributed by atoms with Crippen molar-refractivity contribution < 1.29 is 14.4 Å². The van der Waals surface area contributed by atoms with Crippen LogP contribution in [0.2, 0.25) is 0 Å². The maximum atomic E-state index is 10.3. The van der Waals surface area contributed by atoms with Crippen LogP contribution < -0.4 is 5.73 Å². The van der Waals surface area contributed by atoms with Crippen LogP contribution in [0.5, 0.6) is 0 Å².